The maximum absolute atomic E-state index is 12.9. The SMILES string of the molecule is CCC1CCC(C2CC=C(c3cnc(-c4ccc(CN(CC(=O)O)C(=O)CNC(=O)Cc5ccc(OC(F)(F)F)cc5)cc4)nc3)CC2)CC1. The second-order valence-corrected chi connectivity index (χ2v) is 13.2. The van der Waals surface area contributed by atoms with Gasteiger partial charge in [0.15, 0.2) is 5.82 Å². The van der Waals surface area contributed by atoms with Crippen LogP contribution < -0.4 is 10.1 Å². The lowest BCUT2D eigenvalue weighted by atomic mass is 9.71. The maximum atomic E-state index is 12.9. The Hall–Kier alpha value is -4.74. The number of allylic oxidation sites excluding steroid dienone is 2. The number of hydrogen-bond acceptors (Lipinski definition) is 6. The van der Waals surface area contributed by atoms with Crippen LogP contribution in [0, 0.1) is 17.8 Å². The van der Waals surface area contributed by atoms with Crippen LogP contribution in [-0.2, 0) is 27.3 Å². The summed E-state index contributed by atoms with van der Waals surface area (Å²) in [5.74, 6) is 0.319. The average molecular weight is 693 g/mol. The minimum atomic E-state index is -4.83. The minimum absolute atomic E-state index is 0.00304. The van der Waals surface area contributed by atoms with E-state index in [2.05, 4.69) is 33.0 Å². The van der Waals surface area contributed by atoms with Crippen molar-refractivity contribution in [2.75, 3.05) is 13.1 Å². The topological polar surface area (TPSA) is 122 Å². The molecule has 1 saturated carbocycles. The molecule has 1 atom stereocenters. The van der Waals surface area contributed by atoms with Crippen molar-refractivity contribution in [2.24, 2.45) is 17.8 Å². The van der Waals surface area contributed by atoms with Gasteiger partial charge in [-0.15, -0.1) is 13.2 Å². The summed E-state index contributed by atoms with van der Waals surface area (Å²) in [6, 6.07) is 12.0. The van der Waals surface area contributed by atoms with Crippen LogP contribution in [0.2, 0.25) is 0 Å². The lowest BCUT2D eigenvalue weighted by Crippen LogP contribution is -2.42. The standard InChI is InChI=1S/C38H43F3N4O5/c1-2-25-3-9-28(10-4-25)29-13-15-30(16-14-29)32-20-43-37(44-21-32)31-11-5-27(6-12-31)23-45(24-36(48)49)35(47)22-42-34(46)19-26-7-17-33(18-8-26)50-38(39,40)41/h5-8,11-12,15,17-18,20-21,25,28-29H,2-4,9-10,13-14,16,19,22-24H2,1H3,(H,42,46)(H,48,49). The van der Waals surface area contributed by atoms with Crippen LogP contribution in [-0.4, -0.2) is 57.2 Å². The third-order valence-corrected chi connectivity index (χ3v) is 9.83. The lowest BCUT2D eigenvalue weighted by Gasteiger charge is -2.35. The number of rotatable bonds is 13. The molecule has 1 fully saturated rings. The number of carbonyl (C=O) groups is 3. The van der Waals surface area contributed by atoms with Crippen LogP contribution in [0.15, 0.2) is 67.0 Å². The van der Waals surface area contributed by atoms with Crippen molar-refractivity contribution in [1.29, 1.82) is 0 Å². The van der Waals surface area contributed by atoms with Crippen LogP contribution in [0.1, 0.15) is 75.0 Å². The molecule has 1 unspecified atom stereocenters. The van der Waals surface area contributed by atoms with Crippen LogP contribution in [0.3, 0.4) is 0 Å². The van der Waals surface area contributed by atoms with E-state index in [1.165, 1.54) is 56.2 Å². The number of hydrogen-bond donors (Lipinski definition) is 2. The molecule has 266 valence electrons. The third-order valence-electron chi connectivity index (χ3n) is 9.83. The van der Waals surface area contributed by atoms with Crippen LogP contribution in [0.5, 0.6) is 5.75 Å². The van der Waals surface area contributed by atoms with Crippen LogP contribution in [0.4, 0.5) is 13.2 Å². The van der Waals surface area contributed by atoms with Gasteiger partial charge in [-0.05, 0) is 78.7 Å². The van der Waals surface area contributed by atoms with Gasteiger partial charge in [0.05, 0.1) is 13.0 Å². The number of nitrogens with zero attached hydrogens (tertiary/aromatic N) is 3. The summed E-state index contributed by atoms with van der Waals surface area (Å²) in [6.45, 7) is 1.28. The van der Waals surface area contributed by atoms with Crippen molar-refractivity contribution in [1.82, 2.24) is 20.2 Å². The molecule has 2 aliphatic rings. The number of alkyl halides is 3. The monoisotopic (exact) mass is 692 g/mol. The average Bonchev–Trinajstić information content (AvgIpc) is 3.11. The molecule has 0 saturated heterocycles. The van der Waals surface area contributed by atoms with E-state index in [1.54, 1.807) is 12.1 Å². The van der Waals surface area contributed by atoms with Crippen molar-refractivity contribution in [3.63, 3.8) is 0 Å². The summed E-state index contributed by atoms with van der Waals surface area (Å²) in [7, 11) is 0. The number of benzene rings is 2. The molecule has 2 aromatic carbocycles. The van der Waals surface area contributed by atoms with E-state index in [9.17, 15) is 32.7 Å². The zero-order valence-electron chi connectivity index (χ0n) is 28.1. The number of ether oxygens (including phenoxy) is 1. The van der Waals surface area contributed by atoms with Gasteiger partial charge in [0, 0.05) is 30.1 Å². The van der Waals surface area contributed by atoms with E-state index < -0.39 is 43.0 Å². The van der Waals surface area contributed by atoms with Gasteiger partial charge >= 0.3 is 12.3 Å². The van der Waals surface area contributed by atoms with E-state index >= 15 is 0 Å². The molecule has 50 heavy (non-hydrogen) atoms. The minimum Gasteiger partial charge on any atom is -0.480 e. The summed E-state index contributed by atoms with van der Waals surface area (Å²) < 4.78 is 40.9. The largest absolute Gasteiger partial charge is 0.573 e. The molecule has 3 aromatic rings. The molecule has 2 N–H and O–H groups in total. The van der Waals surface area contributed by atoms with Crippen molar-refractivity contribution in [2.45, 2.75) is 77.6 Å². The summed E-state index contributed by atoms with van der Waals surface area (Å²) in [5.41, 5.74) is 4.21. The number of aromatic nitrogens is 2. The molecule has 5 rings (SSSR count). The van der Waals surface area contributed by atoms with E-state index in [0.717, 1.165) is 58.8 Å². The van der Waals surface area contributed by atoms with Crippen molar-refractivity contribution < 1.29 is 37.4 Å². The molecular formula is C38H43F3N4O5. The lowest BCUT2D eigenvalue weighted by molar-refractivity contribution is -0.274. The second-order valence-electron chi connectivity index (χ2n) is 13.2. The highest BCUT2D eigenvalue weighted by Crippen LogP contribution is 2.41. The molecular weight excluding hydrogens is 649 g/mol. The number of nitrogens with one attached hydrogen (secondary N) is 1. The van der Waals surface area contributed by atoms with Gasteiger partial charge < -0.3 is 20.1 Å². The first kappa shape index (κ1) is 36.5. The second kappa shape index (κ2) is 16.8. The first-order valence-corrected chi connectivity index (χ1v) is 17.2. The molecule has 9 nitrogen and oxygen atoms in total. The Morgan fingerprint density at radius 3 is 2.14 bits per heavy atom. The van der Waals surface area contributed by atoms with E-state index in [-0.39, 0.29) is 13.0 Å². The van der Waals surface area contributed by atoms with Gasteiger partial charge in [-0.25, -0.2) is 9.97 Å². The zero-order valence-corrected chi connectivity index (χ0v) is 28.1. The number of carbonyl (C=O) groups excluding carboxylic acids is 2. The first-order valence-electron chi connectivity index (χ1n) is 17.2. The van der Waals surface area contributed by atoms with Crippen molar-refractivity contribution in [3.8, 4) is 17.1 Å². The Bertz CT molecular complexity index is 1630. The van der Waals surface area contributed by atoms with E-state index in [1.807, 2.05) is 24.5 Å². The molecule has 2 aliphatic carbocycles. The van der Waals surface area contributed by atoms with Gasteiger partial charge in [0.25, 0.3) is 0 Å². The van der Waals surface area contributed by atoms with Gasteiger partial charge in [-0.3, -0.25) is 14.4 Å². The fraction of sp³-hybridized carbons (Fsp3) is 0.447. The molecule has 0 bridgehead atoms. The number of aliphatic carboxylic acids is 1. The number of halogens is 3. The summed E-state index contributed by atoms with van der Waals surface area (Å²) in [4.78, 5) is 47.1. The van der Waals surface area contributed by atoms with Gasteiger partial charge in [-0.1, -0.05) is 68.7 Å². The van der Waals surface area contributed by atoms with E-state index in [0.29, 0.717) is 17.0 Å². The number of amides is 2. The molecule has 1 aromatic heterocycles. The molecule has 0 spiro atoms. The van der Waals surface area contributed by atoms with Gasteiger partial charge in [0.2, 0.25) is 11.8 Å². The Kier molecular flexibility index (Phi) is 12.3. The van der Waals surface area contributed by atoms with E-state index in [4.69, 9.17) is 0 Å². The first-order chi connectivity index (χ1) is 24.0. The van der Waals surface area contributed by atoms with Crippen molar-refractivity contribution in [3.05, 3.63) is 83.7 Å². The summed E-state index contributed by atoms with van der Waals surface area (Å²) in [6.07, 6.45) is 11.3. The quantitative estimate of drug-likeness (QED) is 0.194. The van der Waals surface area contributed by atoms with Crippen LogP contribution in [0.25, 0.3) is 17.0 Å². The van der Waals surface area contributed by atoms with Gasteiger partial charge in [0.1, 0.15) is 12.3 Å². The maximum Gasteiger partial charge on any atom is 0.573 e. The Labute approximate surface area is 290 Å². The molecule has 2 amide bonds. The zero-order chi connectivity index (χ0) is 35.7. The predicted molar refractivity (Wildman–Crippen MR) is 181 cm³/mol. The highest BCUT2D eigenvalue weighted by atomic mass is 19.4. The molecule has 0 aliphatic heterocycles. The number of carboxylic acid groups (broad SMARTS) is 1. The summed E-state index contributed by atoms with van der Waals surface area (Å²) >= 11 is 0. The van der Waals surface area contributed by atoms with Gasteiger partial charge in [-0.2, -0.15) is 0 Å². The normalized spacial score (nSPS) is 19.3. The molecule has 12 heteroatoms. The van der Waals surface area contributed by atoms with Crippen molar-refractivity contribution >= 4 is 23.4 Å². The highest BCUT2D eigenvalue weighted by Gasteiger charge is 2.31. The summed E-state index contributed by atoms with van der Waals surface area (Å²) in [5, 5.41) is 11.8. The predicted octanol–water partition coefficient (Wildman–Crippen LogP) is 7.21. The molecule has 1 heterocycles. The fourth-order valence-corrected chi connectivity index (χ4v) is 6.97. The Balaban J connectivity index is 1.11. The number of carboxylic acids is 1. The Morgan fingerprint density at radius 1 is 0.900 bits per heavy atom. The fourth-order valence-electron chi connectivity index (χ4n) is 6.97. The molecule has 0 radical (unpaired) electrons. The third kappa shape index (κ3) is 10.6. The van der Waals surface area contributed by atoms with Crippen LogP contribution >= 0.6 is 0 Å². The Morgan fingerprint density at radius 2 is 1.56 bits per heavy atom. The highest BCUT2D eigenvalue weighted by molar-refractivity contribution is 5.87. The smallest absolute Gasteiger partial charge is 0.480 e.